The Morgan fingerprint density at radius 2 is 2.10 bits per heavy atom. The minimum atomic E-state index is -3.92. The van der Waals surface area contributed by atoms with Gasteiger partial charge in [0.15, 0.2) is 0 Å². The molecule has 20 heavy (non-hydrogen) atoms. The number of nitrogens with two attached hydrogens (primary N) is 1. The molecule has 110 valence electrons. The van der Waals surface area contributed by atoms with Crippen molar-refractivity contribution < 1.29 is 13.3 Å². The number of hydrogen-bond acceptors (Lipinski definition) is 5. The summed E-state index contributed by atoms with van der Waals surface area (Å²) in [6, 6.07) is 3.65. The van der Waals surface area contributed by atoms with Gasteiger partial charge in [-0.3, -0.25) is 10.1 Å². The van der Waals surface area contributed by atoms with E-state index in [9.17, 15) is 18.5 Å². The van der Waals surface area contributed by atoms with Gasteiger partial charge in [-0.05, 0) is 24.8 Å². The number of anilines is 1. The van der Waals surface area contributed by atoms with E-state index in [4.69, 9.17) is 5.14 Å². The second-order valence-electron chi connectivity index (χ2n) is 5.14. The Morgan fingerprint density at radius 1 is 1.40 bits per heavy atom. The number of nitro groups is 1. The minimum Gasteiger partial charge on any atom is -0.381 e. The summed E-state index contributed by atoms with van der Waals surface area (Å²) >= 11 is 0. The molecule has 0 aliphatic heterocycles. The van der Waals surface area contributed by atoms with Crippen molar-refractivity contribution in [1.29, 1.82) is 0 Å². The number of non-ortho nitro benzene ring substituents is 1. The SMILES string of the molecule is C[C@H]1CCC[C@@H]1Nc1cc([N+](=O)[O-])ccc1S(N)(=O)=O. The lowest BCUT2D eigenvalue weighted by Gasteiger charge is -2.20. The lowest BCUT2D eigenvalue weighted by atomic mass is 10.1. The van der Waals surface area contributed by atoms with Gasteiger partial charge >= 0.3 is 0 Å². The standard InChI is InChI=1S/C12H17N3O4S/c1-8-3-2-4-10(8)14-11-7-9(15(16)17)5-6-12(11)20(13,18)19/h5-8,10,14H,2-4H2,1H3,(H2,13,18,19)/t8-,10-/m0/s1. The van der Waals surface area contributed by atoms with Gasteiger partial charge in [-0.15, -0.1) is 0 Å². The summed E-state index contributed by atoms with van der Waals surface area (Å²) in [5, 5.41) is 19.1. The van der Waals surface area contributed by atoms with Crippen LogP contribution in [0.4, 0.5) is 11.4 Å². The third-order valence-electron chi connectivity index (χ3n) is 3.68. The maximum absolute atomic E-state index is 11.6. The van der Waals surface area contributed by atoms with E-state index in [1.165, 1.54) is 12.1 Å². The van der Waals surface area contributed by atoms with Crippen molar-refractivity contribution in [3.8, 4) is 0 Å². The van der Waals surface area contributed by atoms with E-state index in [2.05, 4.69) is 12.2 Å². The lowest BCUT2D eigenvalue weighted by Crippen LogP contribution is -2.24. The highest BCUT2D eigenvalue weighted by atomic mass is 32.2. The van der Waals surface area contributed by atoms with Crippen LogP contribution in [0, 0.1) is 16.0 Å². The van der Waals surface area contributed by atoms with Crippen LogP contribution in [0.3, 0.4) is 0 Å². The van der Waals surface area contributed by atoms with Crippen molar-refractivity contribution >= 4 is 21.4 Å². The average molecular weight is 299 g/mol. The Kier molecular flexibility index (Phi) is 3.96. The van der Waals surface area contributed by atoms with E-state index in [1.807, 2.05) is 0 Å². The van der Waals surface area contributed by atoms with Crippen molar-refractivity contribution in [3.63, 3.8) is 0 Å². The van der Waals surface area contributed by atoms with E-state index >= 15 is 0 Å². The summed E-state index contributed by atoms with van der Waals surface area (Å²) in [5.41, 5.74) is 0.0472. The molecular weight excluding hydrogens is 282 g/mol. The Balaban J connectivity index is 2.41. The fraction of sp³-hybridized carbons (Fsp3) is 0.500. The first-order chi connectivity index (χ1) is 9.29. The Bertz CT molecular complexity index is 630. The van der Waals surface area contributed by atoms with Gasteiger partial charge in [0.2, 0.25) is 10.0 Å². The second-order valence-corrected chi connectivity index (χ2v) is 6.67. The van der Waals surface area contributed by atoms with Crippen LogP contribution in [0.25, 0.3) is 0 Å². The van der Waals surface area contributed by atoms with Crippen LogP contribution in [0.2, 0.25) is 0 Å². The fourth-order valence-electron chi connectivity index (χ4n) is 2.55. The highest BCUT2D eigenvalue weighted by Gasteiger charge is 2.26. The van der Waals surface area contributed by atoms with Crippen molar-refractivity contribution in [1.82, 2.24) is 0 Å². The summed E-state index contributed by atoms with van der Waals surface area (Å²) in [6.07, 6.45) is 3.02. The van der Waals surface area contributed by atoms with Crippen molar-refractivity contribution in [2.75, 3.05) is 5.32 Å². The summed E-state index contributed by atoms with van der Waals surface area (Å²) < 4.78 is 23.1. The molecule has 0 spiro atoms. The largest absolute Gasteiger partial charge is 0.381 e. The quantitative estimate of drug-likeness (QED) is 0.650. The molecule has 2 rings (SSSR count). The molecule has 0 unspecified atom stereocenters. The molecule has 8 heteroatoms. The van der Waals surface area contributed by atoms with Crippen LogP contribution >= 0.6 is 0 Å². The maximum Gasteiger partial charge on any atom is 0.271 e. The Labute approximate surface area is 117 Å². The fourth-order valence-corrected chi connectivity index (χ4v) is 3.23. The Hall–Kier alpha value is -1.67. The molecule has 0 aromatic heterocycles. The number of benzene rings is 1. The summed E-state index contributed by atoms with van der Waals surface area (Å²) in [5.74, 6) is 0.391. The van der Waals surface area contributed by atoms with Crippen LogP contribution in [0.15, 0.2) is 23.1 Å². The normalized spacial score (nSPS) is 22.7. The van der Waals surface area contributed by atoms with Gasteiger partial charge in [0.1, 0.15) is 4.90 Å². The number of sulfonamides is 1. The van der Waals surface area contributed by atoms with Crippen molar-refractivity contribution in [2.24, 2.45) is 11.1 Å². The zero-order chi connectivity index (χ0) is 14.9. The van der Waals surface area contributed by atoms with E-state index in [-0.39, 0.29) is 22.3 Å². The number of nitrogens with one attached hydrogen (secondary N) is 1. The molecule has 0 saturated heterocycles. The van der Waals surface area contributed by atoms with Gasteiger partial charge in [-0.2, -0.15) is 0 Å². The predicted octanol–water partition coefficient (Wildman–Crippen LogP) is 1.84. The van der Waals surface area contributed by atoms with E-state index in [1.54, 1.807) is 0 Å². The first-order valence-electron chi connectivity index (χ1n) is 6.37. The summed E-state index contributed by atoms with van der Waals surface area (Å²) in [6.45, 7) is 2.07. The van der Waals surface area contributed by atoms with Crippen molar-refractivity contribution in [3.05, 3.63) is 28.3 Å². The third-order valence-corrected chi connectivity index (χ3v) is 4.65. The highest BCUT2D eigenvalue weighted by Crippen LogP contribution is 2.32. The molecular formula is C12H17N3O4S. The van der Waals surface area contributed by atoms with Crippen LogP contribution in [0.5, 0.6) is 0 Å². The molecule has 3 N–H and O–H groups in total. The van der Waals surface area contributed by atoms with Crippen LogP contribution in [-0.4, -0.2) is 19.4 Å². The van der Waals surface area contributed by atoms with Gasteiger partial charge in [0.25, 0.3) is 5.69 Å². The second kappa shape index (κ2) is 5.37. The number of nitro benzene ring substituents is 1. The molecule has 0 amide bonds. The smallest absolute Gasteiger partial charge is 0.271 e. The number of primary sulfonamides is 1. The van der Waals surface area contributed by atoms with E-state index in [0.29, 0.717) is 5.92 Å². The first kappa shape index (κ1) is 14.7. The van der Waals surface area contributed by atoms with Gasteiger partial charge < -0.3 is 5.32 Å². The maximum atomic E-state index is 11.6. The molecule has 0 radical (unpaired) electrons. The minimum absolute atomic E-state index is 0.109. The molecule has 1 aliphatic carbocycles. The van der Waals surface area contributed by atoms with E-state index < -0.39 is 14.9 Å². The van der Waals surface area contributed by atoms with Gasteiger partial charge in [0, 0.05) is 18.2 Å². The molecule has 1 fully saturated rings. The monoisotopic (exact) mass is 299 g/mol. The van der Waals surface area contributed by atoms with E-state index in [0.717, 1.165) is 25.3 Å². The highest BCUT2D eigenvalue weighted by molar-refractivity contribution is 7.89. The van der Waals surface area contributed by atoms with Crippen LogP contribution in [0.1, 0.15) is 26.2 Å². The Morgan fingerprint density at radius 3 is 2.60 bits per heavy atom. The van der Waals surface area contributed by atoms with Gasteiger partial charge in [0.05, 0.1) is 10.6 Å². The lowest BCUT2D eigenvalue weighted by molar-refractivity contribution is -0.384. The molecule has 1 aromatic carbocycles. The summed E-state index contributed by atoms with van der Waals surface area (Å²) in [4.78, 5) is 10.1. The van der Waals surface area contributed by atoms with Crippen molar-refractivity contribution in [2.45, 2.75) is 37.1 Å². The molecule has 1 aliphatic rings. The average Bonchev–Trinajstić information content (AvgIpc) is 2.73. The number of hydrogen-bond donors (Lipinski definition) is 2. The molecule has 1 aromatic rings. The number of rotatable bonds is 4. The predicted molar refractivity (Wildman–Crippen MR) is 74.9 cm³/mol. The number of nitrogens with zero attached hydrogens (tertiary/aromatic N) is 1. The molecule has 7 nitrogen and oxygen atoms in total. The zero-order valence-corrected chi connectivity index (χ0v) is 11.9. The third kappa shape index (κ3) is 3.07. The first-order valence-corrected chi connectivity index (χ1v) is 7.91. The summed E-state index contributed by atoms with van der Waals surface area (Å²) in [7, 11) is -3.92. The topological polar surface area (TPSA) is 115 Å². The van der Waals surface area contributed by atoms with Crippen LogP contribution < -0.4 is 10.5 Å². The van der Waals surface area contributed by atoms with Crippen LogP contribution in [-0.2, 0) is 10.0 Å². The molecule has 2 atom stereocenters. The van der Waals surface area contributed by atoms with Gasteiger partial charge in [-0.1, -0.05) is 13.3 Å². The molecule has 0 heterocycles. The van der Waals surface area contributed by atoms with Gasteiger partial charge in [-0.25, -0.2) is 13.6 Å². The zero-order valence-electron chi connectivity index (χ0n) is 11.1. The molecule has 0 bridgehead atoms. The molecule has 1 saturated carbocycles.